The van der Waals surface area contributed by atoms with Crippen LogP contribution in [0.4, 0.5) is 0 Å². The Morgan fingerprint density at radius 2 is 1.76 bits per heavy atom. The Balaban J connectivity index is 1.91. The van der Waals surface area contributed by atoms with E-state index < -0.39 is 0 Å². The zero-order chi connectivity index (χ0) is 15.0. The minimum absolute atomic E-state index is 0.371. The summed E-state index contributed by atoms with van der Waals surface area (Å²) in [5.41, 5.74) is 5.69. The van der Waals surface area contributed by atoms with Gasteiger partial charge >= 0.3 is 0 Å². The molecule has 0 saturated heterocycles. The summed E-state index contributed by atoms with van der Waals surface area (Å²) in [5.74, 6) is 1.20. The van der Waals surface area contributed by atoms with Crippen molar-refractivity contribution >= 4 is 0 Å². The highest BCUT2D eigenvalue weighted by atomic mass is 16.3. The lowest BCUT2D eigenvalue weighted by atomic mass is 9.79. The first-order valence-corrected chi connectivity index (χ1v) is 7.65. The fourth-order valence-electron chi connectivity index (χ4n) is 3.34. The Morgan fingerprint density at radius 3 is 2.52 bits per heavy atom. The van der Waals surface area contributed by atoms with E-state index in [4.69, 9.17) is 0 Å². The van der Waals surface area contributed by atoms with Crippen molar-refractivity contribution in [2.45, 2.75) is 45.4 Å². The zero-order valence-electron chi connectivity index (χ0n) is 12.7. The molecule has 0 aromatic heterocycles. The number of hydrogen-bond acceptors (Lipinski definition) is 2. The summed E-state index contributed by atoms with van der Waals surface area (Å²) >= 11 is 0. The van der Waals surface area contributed by atoms with Gasteiger partial charge in [-0.05, 0) is 85.4 Å². The van der Waals surface area contributed by atoms with Crippen LogP contribution in [-0.2, 0) is 12.8 Å². The minimum Gasteiger partial charge on any atom is -0.508 e. The van der Waals surface area contributed by atoms with E-state index in [2.05, 4.69) is 12.1 Å². The summed E-state index contributed by atoms with van der Waals surface area (Å²) in [6.45, 7) is 3.87. The molecule has 0 saturated carbocycles. The zero-order valence-corrected chi connectivity index (χ0v) is 12.7. The standard InChI is InChI=1S/C19H22O2/c1-12-6-7-14(10-18(12)20)9-16-5-3-4-15-8-13(2)19(21)11-17(15)16/h6-8,10-11,16,20-21H,3-5,9H2,1-2H3/t16-/m0/s1. The van der Waals surface area contributed by atoms with Crippen LogP contribution in [0.15, 0.2) is 30.3 Å². The van der Waals surface area contributed by atoms with Crippen LogP contribution in [0.2, 0.25) is 0 Å². The molecule has 2 nitrogen and oxygen atoms in total. The first kappa shape index (κ1) is 14.0. The topological polar surface area (TPSA) is 40.5 Å². The fourth-order valence-corrected chi connectivity index (χ4v) is 3.34. The number of aryl methyl sites for hydroxylation is 3. The highest BCUT2D eigenvalue weighted by molar-refractivity contribution is 5.45. The molecule has 0 unspecified atom stereocenters. The van der Waals surface area contributed by atoms with E-state index >= 15 is 0 Å². The van der Waals surface area contributed by atoms with Crippen molar-refractivity contribution < 1.29 is 10.2 Å². The van der Waals surface area contributed by atoms with Gasteiger partial charge in [-0.25, -0.2) is 0 Å². The molecule has 0 radical (unpaired) electrons. The quantitative estimate of drug-likeness (QED) is 0.858. The lowest BCUT2D eigenvalue weighted by Crippen LogP contribution is -2.12. The maximum atomic E-state index is 10.00. The number of hydrogen-bond donors (Lipinski definition) is 2. The second-order valence-corrected chi connectivity index (χ2v) is 6.25. The molecule has 2 aromatic carbocycles. The summed E-state index contributed by atoms with van der Waals surface area (Å²) in [7, 11) is 0. The molecule has 2 aromatic rings. The molecule has 0 aliphatic heterocycles. The Hall–Kier alpha value is -1.96. The maximum Gasteiger partial charge on any atom is 0.118 e. The summed E-state index contributed by atoms with van der Waals surface area (Å²) < 4.78 is 0. The molecule has 1 atom stereocenters. The van der Waals surface area contributed by atoms with Crippen LogP contribution in [0.25, 0.3) is 0 Å². The summed E-state index contributed by atoms with van der Waals surface area (Å²) in [6, 6.07) is 10.0. The number of fused-ring (bicyclic) bond motifs is 1. The Kier molecular flexibility index (Phi) is 3.62. The van der Waals surface area contributed by atoms with E-state index in [9.17, 15) is 10.2 Å². The second-order valence-electron chi connectivity index (χ2n) is 6.25. The number of phenolic OH excluding ortho intramolecular Hbond substituents is 2. The van der Waals surface area contributed by atoms with Gasteiger partial charge in [-0.3, -0.25) is 0 Å². The predicted octanol–water partition coefficient (Wildman–Crippen LogP) is 4.38. The van der Waals surface area contributed by atoms with Crippen molar-refractivity contribution in [1.29, 1.82) is 0 Å². The largest absolute Gasteiger partial charge is 0.508 e. The van der Waals surface area contributed by atoms with Crippen LogP contribution in [0, 0.1) is 13.8 Å². The Labute approximate surface area is 126 Å². The third kappa shape index (κ3) is 2.76. The normalized spacial score (nSPS) is 17.5. The molecule has 0 bridgehead atoms. The van der Waals surface area contributed by atoms with Gasteiger partial charge in [0.15, 0.2) is 0 Å². The van der Waals surface area contributed by atoms with Crippen LogP contribution >= 0.6 is 0 Å². The van der Waals surface area contributed by atoms with Crippen LogP contribution in [0.3, 0.4) is 0 Å². The van der Waals surface area contributed by atoms with Gasteiger partial charge in [0.25, 0.3) is 0 Å². The third-order valence-electron chi connectivity index (χ3n) is 4.65. The van der Waals surface area contributed by atoms with Crippen LogP contribution in [0.1, 0.15) is 46.6 Å². The van der Waals surface area contributed by atoms with Crippen molar-refractivity contribution in [3.63, 3.8) is 0 Å². The SMILES string of the molecule is Cc1ccc(C[C@@H]2CCCc3cc(C)c(O)cc32)cc1O. The van der Waals surface area contributed by atoms with E-state index in [1.54, 1.807) is 0 Å². The molecule has 110 valence electrons. The second kappa shape index (κ2) is 5.44. The van der Waals surface area contributed by atoms with Crippen LogP contribution < -0.4 is 0 Å². The van der Waals surface area contributed by atoms with Gasteiger partial charge in [0, 0.05) is 0 Å². The molecular weight excluding hydrogens is 260 g/mol. The number of aromatic hydroxyl groups is 2. The van der Waals surface area contributed by atoms with Gasteiger partial charge in [-0.2, -0.15) is 0 Å². The average Bonchev–Trinajstić information content (AvgIpc) is 2.45. The smallest absolute Gasteiger partial charge is 0.118 e. The van der Waals surface area contributed by atoms with Crippen molar-refractivity contribution in [2.24, 2.45) is 0 Å². The van der Waals surface area contributed by atoms with Crippen molar-refractivity contribution in [3.8, 4) is 11.5 Å². The van der Waals surface area contributed by atoms with E-state index in [-0.39, 0.29) is 0 Å². The first-order valence-electron chi connectivity index (χ1n) is 7.65. The number of phenols is 2. The predicted molar refractivity (Wildman–Crippen MR) is 85.1 cm³/mol. The molecular formula is C19H22O2. The van der Waals surface area contributed by atoms with Crippen molar-refractivity contribution in [3.05, 3.63) is 58.1 Å². The molecule has 3 rings (SSSR count). The van der Waals surface area contributed by atoms with E-state index in [1.807, 2.05) is 32.0 Å². The van der Waals surface area contributed by atoms with E-state index in [0.29, 0.717) is 17.4 Å². The van der Waals surface area contributed by atoms with Gasteiger partial charge in [0.05, 0.1) is 0 Å². The van der Waals surface area contributed by atoms with Gasteiger partial charge in [-0.15, -0.1) is 0 Å². The number of benzene rings is 2. The van der Waals surface area contributed by atoms with Gasteiger partial charge < -0.3 is 10.2 Å². The molecule has 1 aliphatic rings. The van der Waals surface area contributed by atoms with E-state index in [0.717, 1.165) is 36.0 Å². The van der Waals surface area contributed by atoms with Gasteiger partial charge in [0.1, 0.15) is 11.5 Å². The molecule has 2 N–H and O–H groups in total. The average molecular weight is 282 g/mol. The molecule has 0 spiro atoms. The van der Waals surface area contributed by atoms with Crippen molar-refractivity contribution in [1.82, 2.24) is 0 Å². The van der Waals surface area contributed by atoms with Crippen LogP contribution in [-0.4, -0.2) is 10.2 Å². The Morgan fingerprint density at radius 1 is 1.00 bits per heavy atom. The van der Waals surface area contributed by atoms with E-state index in [1.165, 1.54) is 17.5 Å². The first-order chi connectivity index (χ1) is 10.0. The fraction of sp³-hybridized carbons (Fsp3) is 0.368. The lowest BCUT2D eigenvalue weighted by Gasteiger charge is -2.26. The lowest BCUT2D eigenvalue weighted by molar-refractivity contribution is 0.463. The third-order valence-corrected chi connectivity index (χ3v) is 4.65. The van der Waals surface area contributed by atoms with Gasteiger partial charge in [0.2, 0.25) is 0 Å². The highest BCUT2D eigenvalue weighted by Crippen LogP contribution is 2.37. The summed E-state index contributed by atoms with van der Waals surface area (Å²) in [4.78, 5) is 0. The molecule has 1 aliphatic carbocycles. The van der Waals surface area contributed by atoms with Crippen LogP contribution in [0.5, 0.6) is 11.5 Å². The maximum absolute atomic E-state index is 10.00. The Bertz CT molecular complexity index is 674. The summed E-state index contributed by atoms with van der Waals surface area (Å²) in [5, 5.41) is 19.9. The molecule has 2 heteroatoms. The molecule has 0 amide bonds. The monoisotopic (exact) mass is 282 g/mol. The number of rotatable bonds is 2. The highest BCUT2D eigenvalue weighted by Gasteiger charge is 2.22. The summed E-state index contributed by atoms with van der Waals surface area (Å²) in [6.07, 6.45) is 4.36. The van der Waals surface area contributed by atoms with Gasteiger partial charge in [-0.1, -0.05) is 18.2 Å². The molecule has 0 fully saturated rings. The molecule has 0 heterocycles. The van der Waals surface area contributed by atoms with Crippen molar-refractivity contribution in [2.75, 3.05) is 0 Å². The molecule has 21 heavy (non-hydrogen) atoms. The minimum atomic E-state index is 0.371.